The van der Waals surface area contributed by atoms with Crippen molar-refractivity contribution in [1.29, 1.82) is 0 Å². The largest absolute Gasteiger partial charge is 0.481 e. The SMILES string of the molecule is O=C(O)C/C=C/c1nn(Cc2ccc(Cl)cc2Cl)c2cc(C(F)(F)F)ccc12. The molecule has 0 amide bonds. The number of hydrogen-bond donors (Lipinski definition) is 1. The Morgan fingerprint density at radius 2 is 1.93 bits per heavy atom. The predicted octanol–water partition coefficient (Wildman–Crippen LogP) is 5.90. The normalized spacial score (nSPS) is 12.2. The molecule has 0 saturated carbocycles. The van der Waals surface area contributed by atoms with E-state index >= 15 is 0 Å². The van der Waals surface area contributed by atoms with Crippen molar-refractivity contribution in [2.24, 2.45) is 0 Å². The first-order valence-electron chi connectivity index (χ1n) is 8.05. The molecule has 0 radical (unpaired) electrons. The summed E-state index contributed by atoms with van der Waals surface area (Å²) in [6.07, 6.45) is -1.86. The van der Waals surface area contributed by atoms with E-state index in [2.05, 4.69) is 5.10 Å². The summed E-state index contributed by atoms with van der Waals surface area (Å²) in [7, 11) is 0. The topological polar surface area (TPSA) is 55.1 Å². The molecule has 0 saturated heterocycles. The van der Waals surface area contributed by atoms with Crippen LogP contribution in [0.5, 0.6) is 0 Å². The summed E-state index contributed by atoms with van der Waals surface area (Å²) in [5.41, 5.74) is 0.462. The number of halogens is 5. The summed E-state index contributed by atoms with van der Waals surface area (Å²) in [6.45, 7) is 0.126. The zero-order chi connectivity index (χ0) is 20.5. The first-order chi connectivity index (χ1) is 13.1. The Balaban J connectivity index is 2.10. The molecule has 9 heteroatoms. The van der Waals surface area contributed by atoms with E-state index in [-0.39, 0.29) is 18.5 Å². The highest BCUT2D eigenvalue weighted by molar-refractivity contribution is 6.35. The van der Waals surface area contributed by atoms with Gasteiger partial charge in [0.1, 0.15) is 0 Å². The number of nitrogens with zero attached hydrogens (tertiary/aromatic N) is 2. The first-order valence-corrected chi connectivity index (χ1v) is 8.81. The number of aliphatic carboxylic acids is 1. The summed E-state index contributed by atoms with van der Waals surface area (Å²) in [5, 5.41) is 14.4. The fraction of sp³-hybridized carbons (Fsp3) is 0.158. The molecule has 0 atom stereocenters. The molecular formula is C19H13Cl2F3N2O2. The van der Waals surface area contributed by atoms with Gasteiger partial charge >= 0.3 is 12.1 Å². The van der Waals surface area contributed by atoms with E-state index in [1.807, 2.05) is 0 Å². The third kappa shape index (κ3) is 4.48. The standard InChI is InChI=1S/C19H13Cl2F3N2O2/c20-13-6-4-11(15(21)9-13)10-26-17-8-12(19(22,23)24)5-7-14(17)16(25-26)2-1-3-18(27)28/h1-2,4-9H,3,10H2,(H,27,28)/b2-1+. The molecule has 0 aliphatic rings. The third-order valence-corrected chi connectivity index (χ3v) is 4.60. The summed E-state index contributed by atoms with van der Waals surface area (Å²) >= 11 is 12.1. The Morgan fingerprint density at radius 1 is 1.18 bits per heavy atom. The Hall–Kier alpha value is -2.51. The smallest absolute Gasteiger partial charge is 0.416 e. The molecule has 2 aromatic carbocycles. The van der Waals surface area contributed by atoms with Crippen molar-refractivity contribution in [3.05, 3.63) is 69.3 Å². The highest BCUT2D eigenvalue weighted by atomic mass is 35.5. The van der Waals surface area contributed by atoms with Gasteiger partial charge in [-0.3, -0.25) is 9.48 Å². The van der Waals surface area contributed by atoms with Gasteiger partial charge in [0.15, 0.2) is 0 Å². The van der Waals surface area contributed by atoms with Crippen molar-refractivity contribution in [2.45, 2.75) is 19.1 Å². The molecule has 146 valence electrons. The van der Waals surface area contributed by atoms with Gasteiger partial charge in [-0.15, -0.1) is 0 Å². The van der Waals surface area contributed by atoms with E-state index < -0.39 is 17.7 Å². The lowest BCUT2D eigenvalue weighted by Gasteiger charge is -2.09. The van der Waals surface area contributed by atoms with E-state index in [0.717, 1.165) is 12.1 Å². The van der Waals surface area contributed by atoms with Gasteiger partial charge in [0, 0.05) is 15.4 Å². The van der Waals surface area contributed by atoms with Crippen LogP contribution in [0.3, 0.4) is 0 Å². The van der Waals surface area contributed by atoms with Crippen LogP contribution in [-0.2, 0) is 17.5 Å². The second kappa shape index (κ2) is 7.85. The van der Waals surface area contributed by atoms with Crippen LogP contribution in [0.4, 0.5) is 13.2 Å². The lowest BCUT2D eigenvalue weighted by molar-refractivity contribution is -0.137. The summed E-state index contributed by atoms with van der Waals surface area (Å²) in [6, 6.07) is 8.15. The minimum atomic E-state index is -4.50. The van der Waals surface area contributed by atoms with Crippen molar-refractivity contribution in [3.63, 3.8) is 0 Å². The molecule has 1 heterocycles. The van der Waals surface area contributed by atoms with Crippen LogP contribution >= 0.6 is 23.2 Å². The molecule has 0 spiro atoms. The minimum Gasteiger partial charge on any atom is -0.481 e. The van der Waals surface area contributed by atoms with Gasteiger partial charge in [0.05, 0.1) is 29.7 Å². The maximum Gasteiger partial charge on any atom is 0.416 e. The maximum atomic E-state index is 13.1. The van der Waals surface area contributed by atoms with Gasteiger partial charge in [-0.2, -0.15) is 18.3 Å². The quantitative estimate of drug-likeness (QED) is 0.550. The Morgan fingerprint density at radius 3 is 2.57 bits per heavy atom. The Kier molecular flexibility index (Phi) is 5.67. The van der Waals surface area contributed by atoms with E-state index in [0.29, 0.717) is 26.7 Å². The molecule has 28 heavy (non-hydrogen) atoms. The van der Waals surface area contributed by atoms with E-state index in [9.17, 15) is 18.0 Å². The highest BCUT2D eigenvalue weighted by Gasteiger charge is 2.31. The second-order valence-electron chi connectivity index (χ2n) is 6.01. The zero-order valence-electron chi connectivity index (χ0n) is 14.2. The molecule has 0 bridgehead atoms. The molecule has 1 aromatic heterocycles. The number of carboxylic acid groups (broad SMARTS) is 1. The van der Waals surface area contributed by atoms with Gasteiger partial charge in [-0.1, -0.05) is 35.3 Å². The average molecular weight is 429 g/mol. The molecular weight excluding hydrogens is 416 g/mol. The number of fused-ring (bicyclic) bond motifs is 1. The predicted molar refractivity (Wildman–Crippen MR) is 102 cm³/mol. The van der Waals surface area contributed by atoms with Crippen LogP contribution < -0.4 is 0 Å². The summed E-state index contributed by atoms with van der Waals surface area (Å²) < 4.78 is 40.8. The van der Waals surface area contributed by atoms with Crippen molar-refractivity contribution in [1.82, 2.24) is 9.78 Å². The van der Waals surface area contributed by atoms with Gasteiger partial charge in [-0.25, -0.2) is 0 Å². The van der Waals surface area contributed by atoms with Gasteiger partial charge in [0.25, 0.3) is 0 Å². The van der Waals surface area contributed by atoms with Crippen molar-refractivity contribution in [3.8, 4) is 0 Å². The number of rotatable bonds is 5. The van der Waals surface area contributed by atoms with Crippen LogP contribution in [0.15, 0.2) is 42.5 Å². The van der Waals surface area contributed by atoms with Crippen molar-refractivity contribution >= 4 is 46.2 Å². The molecule has 4 nitrogen and oxygen atoms in total. The van der Waals surface area contributed by atoms with Crippen LogP contribution in [-0.4, -0.2) is 20.9 Å². The van der Waals surface area contributed by atoms with Crippen molar-refractivity contribution < 1.29 is 23.1 Å². The number of alkyl halides is 3. The molecule has 0 aliphatic heterocycles. The van der Waals surface area contributed by atoms with Crippen LogP contribution in [0.2, 0.25) is 10.0 Å². The van der Waals surface area contributed by atoms with E-state index in [1.54, 1.807) is 18.2 Å². The molecule has 3 rings (SSSR count). The highest BCUT2D eigenvalue weighted by Crippen LogP contribution is 2.33. The minimum absolute atomic E-state index is 0.126. The third-order valence-electron chi connectivity index (χ3n) is 4.01. The number of hydrogen-bond acceptors (Lipinski definition) is 2. The monoisotopic (exact) mass is 428 g/mol. The van der Waals surface area contributed by atoms with Crippen molar-refractivity contribution in [2.75, 3.05) is 0 Å². The number of benzene rings is 2. The second-order valence-corrected chi connectivity index (χ2v) is 6.85. The number of aromatic nitrogens is 2. The van der Waals surface area contributed by atoms with E-state index in [1.165, 1.54) is 22.9 Å². The van der Waals surface area contributed by atoms with Crippen LogP contribution in [0.1, 0.15) is 23.2 Å². The maximum absolute atomic E-state index is 13.1. The van der Waals surface area contributed by atoms with Crippen LogP contribution in [0.25, 0.3) is 17.0 Å². The Bertz CT molecular complexity index is 1070. The molecule has 0 fully saturated rings. The fourth-order valence-electron chi connectivity index (χ4n) is 2.70. The van der Waals surface area contributed by atoms with Crippen LogP contribution in [0, 0.1) is 0 Å². The first kappa shape index (κ1) is 20.2. The fourth-order valence-corrected chi connectivity index (χ4v) is 3.17. The zero-order valence-corrected chi connectivity index (χ0v) is 15.7. The number of carbonyl (C=O) groups is 1. The van der Waals surface area contributed by atoms with Gasteiger partial charge in [-0.05, 0) is 42.0 Å². The molecule has 3 aromatic rings. The van der Waals surface area contributed by atoms with Gasteiger partial charge in [0.2, 0.25) is 0 Å². The molecule has 0 unspecified atom stereocenters. The lowest BCUT2D eigenvalue weighted by atomic mass is 10.1. The Labute approximate surface area is 167 Å². The summed E-state index contributed by atoms with van der Waals surface area (Å²) in [5.74, 6) is -1.02. The summed E-state index contributed by atoms with van der Waals surface area (Å²) in [4.78, 5) is 10.7. The molecule has 1 N–H and O–H groups in total. The lowest BCUT2D eigenvalue weighted by Crippen LogP contribution is -2.06. The molecule has 0 aliphatic carbocycles. The van der Waals surface area contributed by atoms with Gasteiger partial charge < -0.3 is 5.11 Å². The number of carboxylic acids is 1. The average Bonchev–Trinajstić information content (AvgIpc) is 2.93. The van der Waals surface area contributed by atoms with E-state index in [4.69, 9.17) is 28.3 Å².